The van der Waals surface area contributed by atoms with Crippen LogP contribution in [0, 0.1) is 0 Å². The lowest BCUT2D eigenvalue weighted by molar-refractivity contribution is -0.203. The topological polar surface area (TPSA) is 89.9 Å². The summed E-state index contributed by atoms with van der Waals surface area (Å²) in [7, 11) is 0. The van der Waals surface area contributed by atoms with E-state index in [2.05, 4.69) is 13.8 Å². The van der Waals surface area contributed by atoms with Crippen molar-refractivity contribution in [2.24, 2.45) is 0 Å². The van der Waals surface area contributed by atoms with E-state index in [0.29, 0.717) is 19.3 Å². The molecule has 6 nitrogen and oxygen atoms in total. The third-order valence-corrected chi connectivity index (χ3v) is 6.44. The van der Waals surface area contributed by atoms with Crippen LogP contribution in [0.2, 0.25) is 0 Å². The number of unbranched alkanes of at least 4 members (excludes halogenated alkanes) is 7. The van der Waals surface area contributed by atoms with E-state index in [1.165, 1.54) is 0 Å². The molecule has 1 aliphatic heterocycles. The summed E-state index contributed by atoms with van der Waals surface area (Å²) >= 11 is 0. The Balaban J connectivity index is 3.11. The molecule has 1 N–H and O–H groups in total. The molecule has 2 atom stereocenters. The van der Waals surface area contributed by atoms with Gasteiger partial charge in [-0.3, -0.25) is 9.59 Å². The van der Waals surface area contributed by atoms with Crippen molar-refractivity contribution in [1.29, 1.82) is 0 Å². The number of ether oxygens (including phenoxy) is 2. The number of carbonyl (C=O) groups is 3. The molecule has 6 heteroatoms. The normalized spacial score (nSPS) is 23.8. The third kappa shape index (κ3) is 10.8. The van der Waals surface area contributed by atoms with Crippen LogP contribution in [0.25, 0.3) is 0 Å². The first kappa shape index (κ1) is 28.4. The molecule has 1 heterocycles. The maximum absolute atomic E-state index is 12.7. The first-order valence-corrected chi connectivity index (χ1v) is 13.1. The molecule has 1 fully saturated rings. The zero-order valence-corrected chi connectivity index (χ0v) is 20.5. The molecule has 0 aromatic carbocycles. The Labute approximate surface area is 194 Å². The summed E-state index contributed by atoms with van der Waals surface area (Å²) in [4.78, 5) is 37.9. The second kappa shape index (κ2) is 17.0. The maximum atomic E-state index is 12.7. The number of carboxylic acid groups (broad SMARTS) is 1. The molecule has 1 rings (SSSR count). The van der Waals surface area contributed by atoms with Gasteiger partial charge in [0.2, 0.25) is 5.60 Å². The Bertz CT molecular complexity index is 546. The van der Waals surface area contributed by atoms with Crippen LogP contribution in [0.15, 0.2) is 0 Å². The van der Waals surface area contributed by atoms with Gasteiger partial charge in [0.1, 0.15) is 0 Å². The van der Waals surface area contributed by atoms with Crippen molar-refractivity contribution in [3.8, 4) is 0 Å². The van der Waals surface area contributed by atoms with Crippen LogP contribution in [0.1, 0.15) is 136 Å². The molecule has 0 aromatic rings. The van der Waals surface area contributed by atoms with Crippen LogP contribution in [0.5, 0.6) is 0 Å². The van der Waals surface area contributed by atoms with Crippen molar-refractivity contribution in [2.45, 2.75) is 148 Å². The van der Waals surface area contributed by atoms with Gasteiger partial charge in [0.15, 0.2) is 6.10 Å². The second-order valence-electron chi connectivity index (χ2n) is 9.28. The largest absolute Gasteiger partial charge is 0.478 e. The predicted octanol–water partition coefficient (Wildman–Crippen LogP) is 6.73. The van der Waals surface area contributed by atoms with Crippen LogP contribution in [0.3, 0.4) is 0 Å². The van der Waals surface area contributed by atoms with Gasteiger partial charge in [-0.2, -0.15) is 0 Å². The van der Waals surface area contributed by atoms with Crippen LogP contribution < -0.4 is 0 Å². The molecule has 1 saturated heterocycles. The number of carboxylic acids is 1. The van der Waals surface area contributed by atoms with Gasteiger partial charge < -0.3 is 14.6 Å². The Kier molecular flexibility index (Phi) is 15.1. The summed E-state index contributed by atoms with van der Waals surface area (Å²) in [6.45, 7) is 4.24. The molecule has 1 aliphatic rings. The minimum Gasteiger partial charge on any atom is -0.478 e. The van der Waals surface area contributed by atoms with Gasteiger partial charge in [0.05, 0.1) is 0 Å². The average Bonchev–Trinajstić information content (AvgIpc) is 2.76. The summed E-state index contributed by atoms with van der Waals surface area (Å²) in [6.07, 6.45) is 14.0. The zero-order valence-electron chi connectivity index (χ0n) is 20.5. The summed E-state index contributed by atoms with van der Waals surface area (Å²) in [5.74, 6) is -2.07. The van der Waals surface area contributed by atoms with E-state index in [9.17, 15) is 19.5 Å². The van der Waals surface area contributed by atoms with Gasteiger partial charge in [0.25, 0.3) is 0 Å². The fourth-order valence-electron chi connectivity index (χ4n) is 4.42. The smallest absolute Gasteiger partial charge is 0.352 e. The van der Waals surface area contributed by atoms with E-state index < -0.39 is 23.6 Å². The second-order valence-corrected chi connectivity index (χ2v) is 9.28. The minimum absolute atomic E-state index is 0.182. The fraction of sp³-hybridized carbons (Fsp3) is 0.885. The summed E-state index contributed by atoms with van der Waals surface area (Å²) in [6, 6.07) is 0. The number of hydrogen-bond acceptors (Lipinski definition) is 5. The molecular weight excluding hydrogens is 408 g/mol. The molecule has 0 saturated carbocycles. The van der Waals surface area contributed by atoms with Crippen molar-refractivity contribution in [2.75, 3.05) is 0 Å². The highest BCUT2D eigenvalue weighted by molar-refractivity contribution is 5.83. The first-order chi connectivity index (χ1) is 15.5. The number of rotatable bonds is 12. The summed E-state index contributed by atoms with van der Waals surface area (Å²) in [5.41, 5.74) is -1.80. The number of esters is 2. The van der Waals surface area contributed by atoms with E-state index in [-0.39, 0.29) is 25.2 Å². The van der Waals surface area contributed by atoms with Crippen LogP contribution in [0.4, 0.5) is 0 Å². The van der Waals surface area contributed by atoms with Crippen LogP contribution >= 0.6 is 0 Å². The maximum Gasteiger partial charge on any atom is 0.352 e. The van der Waals surface area contributed by atoms with E-state index in [1.54, 1.807) is 0 Å². The van der Waals surface area contributed by atoms with Crippen molar-refractivity contribution < 1.29 is 29.0 Å². The van der Waals surface area contributed by atoms with Crippen molar-refractivity contribution >= 4 is 17.9 Å². The first-order valence-electron chi connectivity index (χ1n) is 13.1. The van der Waals surface area contributed by atoms with Gasteiger partial charge in [0, 0.05) is 19.3 Å². The predicted molar refractivity (Wildman–Crippen MR) is 125 cm³/mol. The molecule has 32 heavy (non-hydrogen) atoms. The minimum atomic E-state index is -1.80. The molecule has 0 bridgehead atoms. The molecule has 2 unspecified atom stereocenters. The molecule has 0 aromatic heterocycles. The molecular formula is C26H46O6. The molecule has 0 spiro atoms. The van der Waals surface area contributed by atoms with Gasteiger partial charge in [-0.25, -0.2) is 4.79 Å². The number of hydrogen-bond donors (Lipinski definition) is 1. The van der Waals surface area contributed by atoms with E-state index in [4.69, 9.17) is 9.47 Å². The Hall–Kier alpha value is -1.59. The number of carbonyl (C=O) groups excluding carboxylic acids is 2. The molecule has 0 amide bonds. The van der Waals surface area contributed by atoms with Gasteiger partial charge in [-0.05, 0) is 32.1 Å². The van der Waals surface area contributed by atoms with Gasteiger partial charge >= 0.3 is 17.9 Å². The van der Waals surface area contributed by atoms with E-state index >= 15 is 0 Å². The summed E-state index contributed by atoms with van der Waals surface area (Å²) in [5, 5.41) is 10.3. The summed E-state index contributed by atoms with van der Waals surface area (Å²) < 4.78 is 11.5. The SMILES string of the molecule is CCCCCCCC1OC(=O)CCCCCCCCC(=O)OC1(CCCCCC)C(=O)O. The Morgan fingerprint density at radius 2 is 1.34 bits per heavy atom. The highest BCUT2D eigenvalue weighted by Gasteiger charge is 2.51. The van der Waals surface area contributed by atoms with Crippen molar-refractivity contribution in [3.05, 3.63) is 0 Å². The van der Waals surface area contributed by atoms with Crippen LogP contribution in [-0.4, -0.2) is 34.7 Å². The van der Waals surface area contributed by atoms with Crippen LogP contribution in [-0.2, 0) is 23.9 Å². The lowest BCUT2D eigenvalue weighted by atomic mass is 9.86. The highest BCUT2D eigenvalue weighted by atomic mass is 16.6. The molecule has 186 valence electrons. The monoisotopic (exact) mass is 454 g/mol. The Morgan fingerprint density at radius 1 is 0.812 bits per heavy atom. The lowest BCUT2D eigenvalue weighted by Gasteiger charge is -2.36. The quantitative estimate of drug-likeness (QED) is 0.260. The van der Waals surface area contributed by atoms with Gasteiger partial charge in [-0.1, -0.05) is 84.5 Å². The van der Waals surface area contributed by atoms with Gasteiger partial charge in [-0.15, -0.1) is 0 Å². The molecule has 0 aliphatic carbocycles. The van der Waals surface area contributed by atoms with Crippen molar-refractivity contribution in [3.63, 3.8) is 0 Å². The zero-order chi connectivity index (χ0) is 23.7. The Morgan fingerprint density at radius 3 is 1.94 bits per heavy atom. The van der Waals surface area contributed by atoms with E-state index in [0.717, 1.165) is 83.5 Å². The highest BCUT2D eigenvalue weighted by Crippen LogP contribution is 2.32. The third-order valence-electron chi connectivity index (χ3n) is 6.44. The standard InChI is InChI=1S/C26H46O6/c1-3-5-7-11-14-18-22-26(25(29)30,21-17-8-6-4-2)32-24(28)20-16-13-10-9-12-15-19-23(27)31-22/h22H,3-21H2,1-2H3,(H,29,30). The number of cyclic esters (lactones) is 2. The fourth-order valence-corrected chi connectivity index (χ4v) is 4.42. The average molecular weight is 455 g/mol. The van der Waals surface area contributed by atoms with Crippen molar-refractivity contribution in [1.82, 2.24) is 0 Å². The number of aliphatic carboxylic acids is 1. The van der Waals surface area contributed by atoms with E-state index in [1.807, 2.05) is 0 Å². The lowest BCUT2D eigenvalue weighted by Crippen LogP contribution is -2.54. The molecule has 0 radical (unpaired) electrons.